The van der Waals surface area contributed by atoms with Crippen molar-refractivity contribution in [1.82, 2.24) is 15.6 Å². The number of benzene rings is 1. The molecule has 2 heterocycles. The Kier molecular flexibility index (Phi) is 7.22. The summed E-state index contributed by atoms with van der Waals surface area (Å²) in [6.07, 6.45) is 3.39. The van der Waals surface area contributed by atoms with E-state index in [9.17, 15) is 14.9 Å². The first-order chi connectivity index (χ1) is 14.6. The Morgan fingerprint density at radius 2 is 1.90 bits per heavy atom. The number of carbonyl (C=O) groups is 2. The second-order valence-corrected chi connectivity index (χ2v) is 7.12. The molecule has 0 saturated carbocycles. The van der Waals surface area contributed by atoms with Crippen molar-refractivity contribution in [3.63, 3.8) is 0 Å². The molecule has 1 fully saturated rings. The van der Waals surface area contributed by atoms with Gasteiger partial charge in [0.25, 0.3) is 0 Å². The third kappa shape index (κ3) is 5.26. The number of hydrogen-bond acceptors (Lipinski definition) is 6. The van der Waals surface area contributed by atoms with Gasteiger partial charge < -0.3 is 20.3 Å². The molecule has 1 aliphatic heterocycles. The van der Waals surface area contributed by atoms with E-state index < -0.39 is 11.8 Å². The van der Waals surface area contributed by atoms with E-state index in [0.717, 1.165) is 31.5 Å². The Morgan fingerprint density at radius 1 is 1.17 bits per heavy atom. The zero-order valence-electron chi connectivity index (χ0n) is 16.9. The molecule has 2 amide bonds. The largest absolute Gasteiger partial charge is 0.496 e. The Morgan fingerprint density at radius 3 is 2.63 bits per heavy atom. The van der Waals surface area contributed by atoms with Crippen molar-refractivity contribution in [1.29, 1.82) is 5.26 Å². The third-order valence-corrected chi connectivity index (χ3v) is 5.21. The van der Waals surface area contributed by atoms with Gasteiger partial charge in [0, 0.05) is 37.9 Å². The summed E-state index contributed by atoms with van der Waals surface area (Å²) in [7, 11) is 1.56. The number of nitrogens with one attached hydrogen (secondary N) is 2. The zero-order chi connectivity index (χ0) is 21.3. The van der Waals surface area contributed by atoms with Crippen molar-refractivity contribution in [2.24, 2.45) is 5.92 Å². The average Bonchev–Trinajstić information content (AvgIpc) is 2.81. The van der Waals surface area contributed by atoms with Crippen LogP contribution in [0.3, 0.4) is 0 Å². The number of amides is 2. The zero-order valence-corrected chi connectivity index (χ0v) is 16.9. The molecule has 2 aromatic rings. The lowest BCUT2D eigenvalue weighted by Crippen LogP contribution is -2.43. The molecule has 1 aromatic carbocycles. The number of pyridine rings is 1. The highest BCUT2D eigenvalue weighted by Gasteiger charge is 2.23. The second kappa shape index (κ2) is 10.3. The Hall–Kier alpha value is -3.60. The standard InChI is InChI=1S/C22H25N5O3/c1-30-19-7-3-2-5-18(19)15-26-22(29)21(28)25-14-16-8-11-27(12-9-16)20-17(13-23)6-4-10-24-20/h2-7,10,16H,8-9,11-12,14-15H2,1H3,(H,25,28)(H,26,29). The maximum absolute atomic E-state index is 12.1. The van der Waals surface area contributed by atoms with Crippen LogP contribution in [0.2, 0.25) is 0 Å². The first kappa shape index (κ1) is 21.1. The van der Waals surface area contributed by atoms with E-state index in [1.54, 1.807) is 31.5 Å². The normalized spacial score (nSPS) is 13.9. The maximum atomic E-state index is 12.1. The van der Waals surface area contributed by atoms with Gasteiger partial charge in [-0.3, -0.25) is 9.59 Å². The van der Waals surface area contributed by atoms with Crippen LogP contribution in [0.25, 0.3) is 0 Å². The van der Waals surface area contributed by atoms with Gasteiger partial charge in [0.1, 0.15) is 17.6 Å². The number of piperidine rings is 1. The summed E-state index contributed by atoms with van der Waals surface area (Å²) in [5.41, 5.74) is 1.37. The average molecular weight is 407 g/mol. The lowest BCUT2D eigenvalue weighted by molar-refractivity contribution is -0.139. The van der Waals surface area contributed by atoms with E-state index in [0.29, 0.717) is 23.7 Å². The van der Waals surface area contributed by atoms with Crippen LogP contribution in [0.15, 0.2) is 42.6 Å². The molecule has 2 N–H and O–H groups in total. The van der Waals surface area contributed by atoms with Crippen molar-refractivity contribution in [3.05, 3.63) is 53.7 Å². The number of nitriles is 1. The van der Waals surface area contributed by atoms with Crippen LogP contribution >= 0.6 is 0 Å². The van der Waals surface area contributed by atoms with Gasteiger partial charge in [0.2, 0.25) is 0 Å². The third-order valence-electron chi connectivity index (χ3n) is 5.21. The lowest BCUT2D eigenvalue weighted by Gasteiger charge is -2.33. The van der Waals surface area contributed by atoms with Crippen LogP contribution in [0, 0.1) is 17.2 Å². The minimum atomic E-state index is -0.662. The summed E-state index contributed by atoms with van der Waals surface area (Å²) in [6, 6.07) is 13.0. The highest BCUT2D eigenvalue weighted by molar-refractivity contribution is 6.35. The summed E-state index contributed by atoms with van der Waals surface area (Å²) in [6.45, 7) is 2.18. The van der Waals surface area contributed by atoms with E-state index in [4.69, 9.17) is 4.74 Å². The molecule has 8 heteroatoms. The van der Waals surface area contributed by atoms with Crippen molar-refractivity contribution < 1.29 is 14.3 Å². The van der Waals surface area contributed by atoms with Gasteiger partial charge in [-0.2, -0.15) is 5.26 Å². The van der Waals surface area contributed by atoms with Crippen LogP contribution in [0.1, 0.15) is 24.0 Å². The van der Waals surface area contributed by atoms with Gasteiger partial charge in [-0.15, -0.1) is 0 Å². The Balaban J connectivity index is 1.42. The minimum Gasteiger partial charge on any atom is -0.496 e. The minimum absolute atomic E-state index is 0.222. The van der Waals surface area contributed by atoms with Crippen LogP contribution in [-0.4, -0.2) is 43.5 Å². The number of hydrogen-bond donors (Lipinski definition) is 2. The molecular formula is C22H25N5O3. The molecular weight excluding hydrogens is 382 g/mol. The number of aromatic nitrogens is 1. The highest BCUT2D eigenvalue weighted by Crippen LogP contribution is 2.23. The molecule has 0 unspecified atom stereocenters. The lowest BCUT2D eigenvalue weighted by atomic mass is 9.96. The topological polar surface area (TPSA) is 107 Å². The number of ether oxygens (including phenoxy) is 1. The van der Waals surface area contributed by atoms with E-state index >= 15 is 0 Å². The number of anilines is 1. The molecule has 1 aliphatic rings. The fourth-order valence-electron chi connectivity index (χ4n) is 3.51. The van der Waals surface area contributed by atoms with Gasteiger partial charge in [-0.25, -0.2) is 4.98 Å². The molecule has 0 spiro atoms. The van der Waals surface area contributed by atoms with Crippen molar-refractivity contribution in [3.8, 4) is 11.8 Å². The van der Waals surface area contributed by atoms with Crippen LogP contribution < -0.4 is 20.3 Å². The summed E-state index contributed by atoms with van der Waals surface area (Å²) < 4.78 is 5.24. The molecule has 30 heavy (non-hydrogen) atoms. The Labute approximate surface area is 175 Å². The van der Waals surface area contributed by atoms with E-state index in [-0.39, 0.29) is 12.5 Å². The fraction of sp³-hybridized carbons (Fsp3) is 0.364. The number of methoxy groups -OCH3 is 1. The van der Waals surface area contributed by atoms with Gasteiger partial charge in [-0.1, -0.05) is 18.2 Å². The van der Waals surface area contributed by atoms with E-state index in [1.807, 2.05) is 18.2 Å². The second-order valence-electron chi connectivity index (χ2n) is 7.12. The van der Waals surface area contributed by atoms with Gasteiger partial charge >= 0.3 is 11.8 Å². The molecule has 0 radical (unpaired) electrons. The van der Waals surface area contributed by atoms with E-state index in [1.165, 1.54) is 0 Å². The van der Waals surface area contributed by atoms with Gasteiger partial charge in [0.05, 0.1) is 12.7 Å². The molecule has 1 saturated heterocycles. The first-order valence-corrected chi connectivity index (χ1v) is 9.90. The van der Waals surface area contributed by atoms with Crippen molar-refractivity contribution >= 4 is 17.6 Å². The van der Waals surface area contributed by atoms with Crippen molar-refractivity contribution in [2.75, 3.05) is 31.6 Å². The first-order valence-electron chi connectivity index (χ1n) is 9.90. The number of para-hydroxylation sites is 1. The molecule has 8 nitrogen and oxygen atoms in total. The summed E-state index contributed by atoms with van der Waals surface area (Å²) in [4.78, 5) is 30.6. The molecule has 3 rings (SSSR count). The molecule has 0 aliphatic carbocycles. The number of nitrogens with zero attached hydrogens (tertiary/aromatic N) is 3. The highest BCUT2D eigenvalue weighted by atomic mass is 16.5. The van der Waals surface area contributed by atoms with Crippen LogP contribution in [0.5, 0.6) is 5.75 Å². The maximum Gasteiger partial charge on any atom is 0.309 e. The monoisotopic (exact) mass is 407 g/mol. The van der Waals surface area contributed by atoms with Gasteiger partial charge in [0.15, 0.2) is 0 Å². The summed E-state index contributed by atoms with van der Waals surface area (Å²) in [5, 5.41) is 14.6. The summed E-state index contributed by atoms with van der Waals surface area (Å²) in [5.74, 6) is 0.353. The molecule has 1 aromatic heterocycles. The smallest absolute Gasteiger partial charge is 0.309 e. The fourth-order valence-corrected chi connectivity index (χ4v) is 3.51. The number of carbonyl (C=O) groups excluding carboxylic acids is 2. The van der Waals surface area contributed by atoms with Crippen molar-refractivity contribution in [2.45, 2.75) is 19.4 Å². The van der Waals surface area contributed by atoms with Gasteiger partial charge in [-0.05, 0) is 37.0 Å². The Bertz CT molecular complexity index is 932. The summed E-state index contributed by atoms with van der Waals surface area (Å²) >= 11 is 0. The predicted octanol–water partition coefficient (Wildman–Crippen LogP) is 1.61. The predicted molar refractivity (Wildman–Crippen MR) is 112 cm³/mol. The van der Waals surface area contributed by atoms with Crippen LogP contribution in [-0.2, 0) is 16.1 Å². The molecule has 0 atom stereocenters. The van der Waals surface area contributed by atoms with Crippen LogP contribution in [0.4, 0.5) is 5.82 Å². The van der Waals surface area contributed by atoms with E-state index in [2.05, 4.69) is 26.6 Å². The molecule has 0 bridgehead atoms. The SMILES string of the molecule is COc1ccccc1CNC(=O)C(=O)NCC1CCN(c2ncccc2C#N)CC1. The molecule has 156 valence electrons. The quantitative estimate of drug-likeness (QED) is 0.705. The number of rotatable bonds is 6.